The molecule has 2 N–H and O–H groups in total. The van der Waals surface area contributed by atoms with E-state index in [0.717, 1.165) is 4.90 Å². The number of nitrogens with one attached hydrogen (secondary N) is 1. The second-order valence-corrected chi connectivity index (χ2v) is 5.12. The number of rotatable bonds is 4. The summed E-state index contributed by atoms with van der Waals surface area (Å²) in [5.41, 5.74) is -0.999. The highest BCUT2D eigenvalue weighted by molar-refractivity contribution is 5.85. The number of amides is 2. The first kappa shape index (κ1) is 15.9. The van der Waals surface area contributed by atoms with Crippen LogP contribution >= 0.6 is 0 Å². The Balaban J connectivity index is 2.81. The minimum atomic E-state index is -1.35. The number of halogens is 1. The van der Waals surface area contributed by atoms with Crippen LogP contribution < -0.4 is 5.32 Å². The Labute approximate surface area is 117 Å². The average molecular weight is 282 g/mol. The third kappa shape index (κ3) is 3.26. The molecule has 20 heavy (non-hydrogen) atoms. The van der Waals surface area contributed by atoms with Crippen molar-refractivity contribution in [1.82, 2.24) is 10.2 Å². The Morgan fingerprint density at radius 1 is 1.35 bits per heavy atom. The Morgan fingerprint density at radius 3 is 2.40 bits per heavy atom. The summed E-state index contributed by atoms with van der Waals surface area (Å²) in [6.45, 7) is 4.48. The fraction of sp³-hybridized carbons (Fsp3) is 0.429. The second kappa shape index (κ2) is 5.90. The summed E-state index contributed by atoms with van der Waals surface area (Å²) in [6.07, 6.45) is 0. The monoisotopic (exact) mass is 282 g/mol. The fourth-order valence-electron chi connectivity index (χ4n) is 1.58. The standard InChI is InChI=1S/C14H19FN2O3/c1-9(10-7-5-6-8-11(10)15)16-13(20)17(4)14(2,3)12(18)19/h5-9H,1-4H3,(H,16,20)(H,18,19). The van der Waals surface area contributed by atoms with Gasteiger partial charge >= 0.3 is 12.0 Å². The van der Waals surface area contributed by atoms with Crippen LogP contribution in [0, 0.1) is 5.82 Å². The van der Waals surface area contributed by atoms with Gasteiger partial charge in [0.15, 0.2) is 0 Å². The van der Waals surface area contributed by atoms with E-state index >= 15 is 0 Å². The first-order valence-electron chi connectivity index (χ1n) is 6.20. The fourth-order valence-corrected chi connectivity index (χ4v) is 1.58. The number of benzene rings is 1. The van der Waals surface area contributed by atoms with Gasteiger partial charge in [-0.3, -0.25) is 0 Å². The van der Waals surface area contributed by atoms with Crippen molar-refractivity contribution in [3.05, 3.63) is 35.6 Å². The molecule has 0 aliphatic heterocycles. The van der Waals surface area contributed by atoms with E-state index in [-0.39, 0.29) is 0 Å². The predicted octanol–water partition coefficient (Wildman–Crippen LogP) is 2.39. The summed E-state index contributed by atoms with van der Waals surface area (Å²) >= 11 is 0. The van der Waals surface area contributed by atoms with E-state index < -0.39 is 29.4 Å². The predicted molar refractivity (Wildman–Crippen MR) is 72.8 cm³/mol. The number of hydrogen-bond donors (Lipinski definition) is 2. The number of nitrogens with zero attached hydrogens (tertiary/aromatic N) is 1. The van der Waals surface area contributed by atoms with Gasteiger partial charge in [-0.2, -0.15) is 0 Å². The Bertz CT molecular complexity index is 517. The SMILES string of the molecule is CC(NC(=O)N(C)C(C)(C)C(=O)O)c1ccccc1F. The van der Waals surface area contributed by atoms with Crippen LogP contribution in [0.2, 0.25) is 0 Å². The number of likely N-dealkylation sites (N-methyl/N-ethyl adjacent to an activating group) is 1. The summed E-state index contributed by atoms with van der Waals surface area (Å²) in [7, 11) is 1.39. The van der Waals surface area contributed by atoms with Gasteiger partial charge in [0, 0.05) is 12.6 Å². The summed E-state index contributed by atoms with van der Waals surface area (Å²) < 4.78 is 13.6. The molecule has 1 aromatic rings. The lowest BCUT2D eigenvalue weighted by molar-refractivity contribution is -0.146. The van der Waals surface area contributed by atoms with Crippen LogP contribution in [0.1, 0.15) is 32.4 Å². The summed E-state index contributed by atoms with van der Waals surface area (Å²) in [5.74, 6) is -1.53. The third-order valence-electron chi connectivity index (χ3n) is 3.38. The topological polar surface area (TPSA) is 69.6 Å². The van der Waals surface area contributed by atoms with Crippen LogP contribution in [-0.2, 0) is 4.79 Å². The average Bonchev–Trinajstić information content (AvgIpc) is 2.37. The molecular weight excluding hydrogens is 263 g/mol. The van der Waals surface area contributed by atoms with E-state index in [2.05, 4.69) is 5.32 Å². The van der Waals surface area contributed by atoms with Gasteiger partial charge in [-0.1, -0.05) is 18.2 Å². The van der Waals surface area contributed by atoms with E-state index in [9.17, 15) is 14.0 Å². The molecule has 0 radical (unpaired) electrons. The molecule has 110 valence electrons. The molecule has 1 atom stereocenters. The van der Waals surface area contributed by atoms with Gasteiger partial charge in [-0.05, 0) is 26.8 Å². The van der Waals surface area contributed by atoms with Crippen LogP contribution in [0.15, 0.2) is 24.3 Å². The quantitative estimate of drug-likeness (QED) is 0.891. The van der Waals surface area contributed by atoms with Crippen LogP contribution in [-0.4, -0.2) is 34.6 Å². The highest BCUT2D eigenvalue weighted by Gasteiger charge is 2.35. The van der Waals surface area contributed by atoms with Gasteiger partial charge < -0.3 is 15.3 Å². The molecule has 2 amide bonds. The molecule has 0 bridgehead atoms. The van der Waals surface area contributed by atoms with Crippen molar-refractivity contribution in [2.45, 2.75) is 32.4 Å². The molecule has 0 spiro atoms. The van der Waals surface area contributed by atoms with E-state index in [4.69, 9.17) is 5.11 Å². The maximum Gasteiger partial charge on any atom is 0.329 e. The van der Waals surface area contributed by atoms with Gasteiger partial charge in [-0.25, -0.2) is 14.0 Å². The first-order valence-corrected chi connectivity index (χ1v) is 6.20. The maximum atomic E-state index is 13.6. The summed E-state index contributed by atoms with van der Waals surface area (Å²) in [4.78, 5) is 24.2. The van der Waals surface area contributed by atoms with E-state index in [0.29, 0.717) is 5.56 Å². The third-order valence-corrected chi connectivity index (χ3v) is 3.38. The Kier molecular flexibility index (Phi) is 4.70. The number of carboxylic acid groups (broad SMARTS) is 1. The maximum absolute atomic E-state index is 13.6. The number of hydrogen-bond acceptors (Lipinski definition) is 2. The van der Waals surface area contributed by atoms with E-state index in [1.165, 1.54) is 27.0 Å². The van der Waals surface area contributed by atoms with Gasteiger partial charge in [-0.15, -0.1) is 0 Å². The number of carbonyl (C=O) groups excluding carboxylic acids is 1. The molecule has 1 unspecified atom stereocenters. The second-order valence-electron chi connectivity index (χ2n) is 5.12. The van der Waals surface area contributed by atoms with Crippen molar-refractivity contribution < 1.29 is 19.1 Å². The normalized spacial score (nSPS) is 12.7. The van der Waals surface area contributed by atoms with Gasteiger partial charge in [0.25, 0.3) is 0 Å². The van der Waals surface area contributed by atoms with Crippen LogP contribution in [0.25, 0.3) is 0 Å². The highest BCUT2D eigenvalue weighted by atomic mass is 19.1. The number of carbonyl (C=O) groups is 2. The minimum absolute atomic E-state index is 0.349. The smallest absolute Gasteiger partial charge is 0.329 e. The molecule has 0 saturated heterocycles. The minimum Gasteiger partial charge on any atom is -0.480 e. The molecular formula is C14H19FN2O3. The molecule has 1 rings (SSSR count). The lowest BCUT2D eigenvalue weighted by atomic mass is 10.0. The van der Waals surface area contributed by atoms with Crippen molar-refractivity contribution in [1.29, 1.82) is 0 Å². The Morgan fingerprint density at radius 2 is 1.90 bits per heavy atom. The van der Waals surface area contributed by atoms with Gasteiger partial charge in [0.05, 0.1) is 6.04 Å². The van der Waals surface area contributed by atoms with Gasteiger partial charge in [0.1, 0.15) is 11.4 Å². The van der Waals surface area contributed by atoms with E-state index in [1.54, 1.807) is 25.1 Å². The van der Waals surface area contributed by atoms with Crippen molar-refractivity contribution in [3.8, 4) is 0 Å². The number of carboxylic acids is 1. The summed E-state index contributed by atoms with van der Waals surface area (Å²) in [5, 5.41) is 11.7. The number of aliphatic carboxylic acids is 1. The molecule has 6 heteroatoms. The zero-order chi connectivity index (χ0) is 15.5. The molecule has 0 fully saturated rings. The molecule has 0 saturated carbocycles. The van der Waals surface area contributed by atoms with Gasteiger partial charge in [0.2, 0.25) is 0 Å². The molecule has 0 aliphatic carbocycles. The Hall–Kier alpha value is -2.11. The lowest BCUT2D eigenvalue weighted by Crippen LogP contribution is -2.54. The van der Waals surface area contributed by atoms with E-state index in [1.807, 2.05) is 0 Å². The lowest BCUT2D eigenvalue weighted by Gasteiger charge is -2.32. The van der Waals surface area contributed by atoms with Crippen molar-refractivity contribution in [2.24, 2.45) is 0 Å². The molecule has 0 aromatic heterocycles. The zero-order valence-electron chi connectivity index (χ0n) is 12.0. The highest BCUT2D eigenvalue weighted by Crippen LogP contribution is 2.18. The molecule has 0 aliphatic rings. The zero-order valence-corrected chi connectivity index (χ0v) is 12.0. The van der Waals surface area contributed by atoms with Crippen LogP contribution in [0.4, 0.5) is 9.18 Å². The molecule has 0 heterocycles. The van der Waals surface area contributed by atoms with Crippen LogP contribution in [0.3, 0.4) is 0 Å². The van der Waals surface area contributed by atoms with Crippen molar-refractivity contribution >= 4 is 12.0 Å². The number of urea groups is 1. The van der Waals surface area contributed by atoms with Crippen molar-refractivity contribution in [2.75, 3.05) is 7.05 Å². The molecule has 1 aromatic carbocycles. The first-order chi connectivity index (χ1) is 9.17. The largest absolute Gasteiger partial charge is 0.480 e. The van der Waals surface area contributed by atoms with Crippen molar-refractivity contribution in [3.63, 3.8) is 0 Å². The molecule has 5 nitrogen and oxygen atoms in total. The summed E-state index contributed by atoms with van der Waals surface area (Å²) in [6, 6.07) is 4.98. The van der Waals surface area contributed by atoms with Crippen LogP contribution in [0.5, 0.6) is 0 Å².